The van der Waals surface area contributed by atoms with Crippen molar-refractivity contribution in [1.82, 2.24) is 10.1 Å². The highest BCUT2D eigenvalue weighted by molar-refractivity contribution is 6.06. The van der Waals surface area contributed by atoms with Crippen molar-refractivity contribution in [2.75, 3.05) is 5.32 Å². The van der Waals surface area contributed by atoms with Gasteiger partial charge in [-0.15, -0.1) is 0 Å². The molecule has 92 valence electrons. The zero-order valence-corrected chi connectivity index (χ0v) is 9.38. The maximum absolute atomic E-state index is 11.8. The van der Waals surface area contributed by atoms with Gasteiger partial charge >= 0.3 is 5.97 Å². The van der Waals surface area contributed by atoms with Crippen molar-refractivity contribution in [3.05, 3.63) is 41.5 Å². The first-order valence-corrected chi connectivity index (χ1v) is 4.99. The predicted molar refractivity (Wildman–Crippen MR) is 60.4 cm³/mol. The topological polar surface area (TPSA) is 105 Å². The van der Waals surface area contributed by atoms with E-state index in [1.807, 2.05) is 0 Å². The first kappa shape index (κ1) is 11.8. The average Bonchev–Trinajstić information content (AvgIpc) is 2.76. The number of carbonyl (C=O) groups excluding carboxylic acids is 1. The molecule has 0 atom stereocenters. The van der Waals surface area contributed by atoms with Crippen LogP contribution < -0.4 is 5.32 Å². The van der Waals surface area contributed by atoms with Crippen LogP contribution in [0.2, 0.25) is 0 Å². The maximum atomic E-state index is 11.8. The molecule has 0 radical (unpaired) electrons. The molecular weight excluding hydrogens is 238 g/mol. The van der Waals surface area contributed by atoms with Gasteiger partial charge in [-0.2, -0.15) is 0 Å². The molecule has 0 aromatic carbocycles. The Morgan fingerprint density at radius 1 is 1.39 bits per heavy atom. The molecule has 0 spiro atoms. The molecule has 0 bridgehead atoms. The molecule has 0 fully saturated rings. The molecule has 1 amide bonds. The smallest absolute Gasteiger partial charge is 0.337 e. The van der Waals surface area contributed by atoms with Gasteiger partial charge in [0.15, 0.2) is 0 Å². The van der Waals surface area contributed by atoms with Gasteiger partial charge in [0, 0.05) is 11.8 Å². The zero-order valence-electron chi connectivity index (χ0n) is 9.38. The molecule has 2 rings (SSSR count). The van der Waals surface area contributed by atoms with Gasteiger partial charge in [-0.25, -0.2) is 4.79 Å². The molecular formula is C11H9N3O4. The monoisotopic (exact) mass is 247 g/mol. The van der Waals surface area contributed by atoms with Gasteiger partial charge < -0.3 is 14.9 Å². The van der Waals surface area contributed by atoms with E-state index in [4.69, 9.17) is 9.63 Å². The van der Waals surface area contributed by atoms with Gasteiger partial charge in [0.05, 0.1) is 23.6 Å². The normalized spacial score (nSPS) is 10.1. The maximum Gasteiger partial charge on any atom is 0.337 e. The molecule has 2 heterocycles. The average molecular weight is 247 g/mol. The van der Waals surface area contributed by atoms with Crippen LogP contribution in [0.1, 0.15) is 26.5 Å². The van der Waals surface area contributed by atoms with E-state index in [-0.39, 0.29) is 17.0 Å². The first-order chi connectivity index (χ1) is 8.59. The predicted octanol–water partition coefficient (Wildman–Crippen LogP) is 1.33. The fraction of sp³-hybridized carbons (Fsp3) is 0.0909. The summed E-state index contributed by atoms with van der Waals surface area (Å²) in [5.41, 5.74) is 0.620. The highest BCUT2D eigenvalue weighted by atomic mass is 16.5. The van der Waals surface area contributed by atoms with Crippen LogP contribution in [0.15, 0.2) is 29.2 Å². The Labute approximate surface area is 101 Å². The number of carbonyl (C=O) groups is 2. The van der Waals surface area contributed by atoms with E-state index in [0.717, 1.165) is 0 Å². The highest BCUT2D eigenvalue weighted by Crippen LogP contribution is 2.15. The van der Waals surface area contributed by atoms with Crippen LogP contribution in [0.5, 0.6) is 0 Å². The molecule has 0 aliphatic heterocycles. The number of nitrogens with one attached hydrogen (secondary N) is 1. The second kappa shape index (κ2) is 4.66. The summed E-state index contributed by atoms with van der Waals surface area (Å²) in [6.07, 6.45) is 3.99. The summed E-state index contributed by atoms with van der Waals surface area (Å²) in [5, 5.41) is 14.8. The van der Waals surface area contributed by atoms with Crippen molar-refractivity contribution in [3.8, 4) is 0 Å². The molecule has 0 unspecified atom stereocenters. The van der Waals surface area contributed by atoms with Gasteiger partial charge in [-0.1, -0.05) is 5.16 Å². The number of rotatable bonds is 3. The van der Waals surface area contributed by atoms with Crippen LogP contribution in [-0.4, -0.2) is 27.1 Å². The number of carboxylic acids is 1. The summed E-state index contributed by atoms with van der Waals surface area (Å²) in [7, 11) is 0. The zero-order chi connectivity index (χ0) is 13.1. The Morgan fingerprint density at radius 2 is 2.17 bits per heavy atom. The third kappa shape index (κ3) is 2.19. The number of hydrogen-bond donors (Lipinski definition) is 2. The largest absolute Gasteiger partial charge is 0.478 e. The van der Waals surface area contributed by atoms with Gasteiger partial charge in [-0.05, 0) is 13.0 Å². The summed E-state index contributed by atoms with van der Waals surface area (Å²) >= 11 is 0. The van der Waals surface area contributed by atoms with Gasteiger partial charge in [0.1, 0.15) is 0 Å². The van der Waals surface area contributed by atoms with Crippen molar-refractivity contribution < 1.29 is 19.2 Å². The minimum Gasteiger partial charge on any atom is -0.478 e. The standard InChI is InChI=1S/C11H9N3O4/c1-6-4-13-18-9(6)10(15)14-8-5-12-3-2-7(8)11(16)17/h2-5H,1H3,(H,14,15)(H,16,17). The molecule has 0 aliphatic rings. The minimum absolute atomic E-state index is 0.0372. The third-order valence-corrected chi connectivity index (χ3v) is 2.25. The van der Waals surface area contributed by atoms with Crippen molar-refractivity contribution in [2.24, 2.45) is 0 Å². The summed E-state index contributed by atoms with van der Waals surface area (Å²) in [5.74, 6) is -1.68. The van der Waals surface area contributed by atoms with E-state index in [2.05, 4.69) is 15.5 Å². The SMILES string of the molecule is Cc1cnoc1C(=O)Nc1cnccc1C(=O)O. The van der Waals surface area contributed by atoms with Crippen molar-refractivity contribution in [3.63, 3.8) is 0 Å². The van der Waals surface area contributed by atoms with E-state index in [9.17, 15) is 9.59 Å². The molecule has 0 saturated heterocycles. The number of nitrogens with zero attached hydrogens (tertiary/aromatic N) is 2. The van der Waals surface area contributed by atoms with E-state index in [1.54, 1.807) is 6.92 Å². The van der Waals surface area contributed by atoms with E-state index < -0.39 is 11.9 Å². The minimum atomic E-state index is -1.15. The van der Waals surface area contributed by atoms with Crippen LogP contribution in [0, 0.1) is 6.92 Å². The fourth-order valence-electron chi connectivity index (χ4n) is 1.37. The molecule has 7 nitrogen and oxygen atoms in total. The number of anilines is 1. The number of hydrogen-bond acceptors (Lipinski definition) is 5. The van der Waals surface area contributed by atoms with E-state index in [1.165, 1.54) is 24.7 Å². The number of aromatic carboxylic acids is 1. The lowest BCUT2D eigenvalue weighted by molar-refractivity contribution is 0.0698. The number of aryl methyl sites for hydroxylation is 1. The Balaban J connectivity index is 2.28. The second-order valence-electron chi connectivity index (χ2n) is 3.52. The summed E-state index contributed by atoms with van der Waals surface area (Å²) < 4.78 is 4.77. The van der Waals surface area contributed by atoms with Gasteiger partial charge in [0.2, 0.25) is 5.76 Å². The molecule has 0 aliphatic carbocycles. The Morgan fingerprint density at radius 3 is 2.78 bits per heavy atom. The van der Waals surface area contributed by atoms with Crippen LogP contribution in [-0.2, 0) is 0 Å². The van der Waals surface area contributed by atoms with Crippen LogP contribution in [0.3, 0.4) is 0 Å². The lowest BCUT2D eigenvalue weighted by Crippen LogP contribution is -2.15. The molecule has 2 aromatic heterocycles. The summed E-state index contributed by atoms with van der Waals surface area (Å²) in [6.45, 7) is 1.66. The third-order valence-electron chi connectivity index (χ3n) is 2.25. The molecule has 2 aromatic rings. The second-order valence-corrected chi connectivity index (χ2v) is 3.52. The lowest BCUT2D eigenvalue weighted by atomic mass is 10.2. The number of aromatic nitrogens is 2. The fourth-order valence-corrected chi connectivity index (χ4v) is 1.37. The Bertz CT molecular complexity index is 606. The van der Waals surface area contributed by atoms with Crippen molar-refractivity contribution in [2.45, 2.75) is 6.92 Å². The van der Waals surface area contributed by atoms with Crippen LogP contribution >= 0.6 is 0 Å². The molecule has 2 N–H and O–H groups in total. The summed E-state index contributed by atoms with van der Waals surface area (Å²) in [6, 6.07) is 1.30. The Hall–Kier alpha value is -2.70. The van der Waals surface area contributed by atoms with E-state index >= 15 is 0 Å². The molecule has 0 saturated carbocycles. The number of carboxylic acid groups (broad SMARTS) is 1. The van der Waals surface area contributed by atoms with Crippen LogP contribution in [0.4, 0.5) is 5.69 Å². The molecule has 7 heteroatoms. The first-order valence-electron chi connectivity index (χ1n) is 4.99. The van der Waals surface area contributed by atoms with Crippen LogP contribution in [0.25, 0.3) is 0 Å². The van der Waals surface area contributed by atoms with Gasteiger partial charge in [0.25, 0.3) is 5.91 Å². The van der Waals surface area contributed by atoms with Gasteiger partial charge in [-0.3, -0.25) is 9.78 Å². The lowest BCUT2D eigenvalue weighted by Gasteiger charge is -2.05. The number of amides is 1. The van der Waals surface area contributed by atoms with Crippen molar-refractivity contribution >= 4 is 17.6 Å². The van der Waals surface area contributed by atoms with E-state index in [0.29, 0.717) is 5.56 Å². The Kier molecular flexibility index (Phi) is 3.05. The number of pyridine rings is 1. The quantitative estimate of drug-likeness (QED) is 0.847. The van der Waals surface area contributed by atoms with Crippen molar-refractivity contribution in [1.29, 1.82) is 0 Å². The highest BCUT2D eigenvalue weighted by Gasteiger charge is 2.17. The summed E-state index contributed by atoms with van der Waals surface area (Å²) in [4.78, 5) is 26.5. The molecule has 18 heavy (non-hydrogen) atoms.